The molecule has 0 saturated carbocycles. The molecule has 1 aromatic rings. The maximum absolute atomic E-state index is 5.67. The quantitative estimate of drug-likeness (QED) is 0.638. The molecular weight excluding hydrogens is 162 g/mol. The van der Waals surface area contributed by atoms with Crippen molar-refractivity contribution in [2.75, 3.05) is 0 Å². The van der Waals surface area contributed by atoms with E-state index in [4.69, 9.17) is 11.6 Å². The van der Waals surface area contributed by atoms with Crippen LogP contribution in [0.4, 0.5) is 0 Å². The molecule has 0 amide bonds. The monoisotopic (exact) mass is 173 g/mol. The number of hydrogen-bond acceptors (Lipinski definition) is 2. The molecular formula is C7H12ClN3. The van der Waals surface area contributed by atoms with E-state index in [0.29, 0.717) is 11.8 Å². The zero-order valence-corrected chi connectivity index (χ0v) is 7.76. The van der Waals surface area contributed by atoms with Crippen LogP contribution in [0.5, 0.6) is 0 Å². The fraction of sp³-hybridized carbons (Fsp3) is 0.714. The first-order chi connectivity index (χ1) is 5.16. The van der Waals surface area contributed by atoms with E-state index < -0.39 is 0 Å². The summed E-state index contributed by atoms with van der Waals surface area (Å²) < 4.78 is 1.78. The summed E-state index contributed by atoms with van der Waals surface area (Å²) in [6.07, 6.45) is 0. The van der Waals surface area contributed by atoms with Crippen molar-refractivity contribution in [3.63, 3.8) is 0 Å². The summed E-state index contributed by atoms with van der Waals surface area (Å²) in [5.41, 5.74) is 2.02. The molecule has 0 aliphatic carbocycles. The number of aromatic nitrogens is 3. The topological polar surface area (TPSA) is 30.7 Å². The van der Waals surface area contributed by atoms with Gasteiger partial charge in [0.2, 0.25) is 0 Å². The number of hydrogen-bond donors (Lipinski definition) is 0. The minimum Gasteiger partial charge on any atom is -0.252 e. The first kappa shape index (κ1) is 8.53. The van der Waals surface area contributed by atoms with Crippen molar-refractivity contribution in [1.82, 2.24) is 15.0 Å². The van der Waals surface area contributed by atoms with Crippen molar-refractivity contribution >= 4 is 11.6 Å². The van der Waals surface area contributed by atoms with Gasteiger partial charge in [0.25, 0.3) is 0 Å². The van der Waals surface area contributed by atoms with Crippen LogP contribution < -0.4 is 0 Å². The molecule has 0 fully saturated rings. The molecule has 0 saturated heterocycles. The average Bonchev–Trinajstić information content (AvgIpc) is 2.30. The van der Waals surface area contributed by atoms with Crippen molar-refractivity contribution in [1.29, 1.82) is 0 Å². The number of nitrogens with zero attached hydrogens (tertiary/aromatic N) is 3. The zero-order valence-electron chi connectivity index (χ0n) is 7.00. The molecule has 0 unspecified atom stereocenters. The Bertz CT molecular complexity index is 242. The molecule has 0 aliphatic rings. The van der Waals surface area contributed by atoms with Gasteiger partial charge in [-0.25, -0.2) is 0 Å². The van der Waals surface area contributed by atoms with Crippen LogP contribution in [0.1, 0.15) is 31.2 Å². The van der Waals surface area contributed by atoms with Gasteiger partial charge in [0.15, 0.2) is 0 Å². The van der Waals surface area contributed by atoms with Crippen LogP contribution in [-0.4, -0.2) is 15.0 Å². The smallest absolute Gasteiger partial charge is 0.101 e. The number of rotatable bonds is 2. The van der Waals surface area contributed by atoms with Gasteiger partial charge >= 0.3 is 0 Å². The predicted molar refractivity (Wildman–Crippen MR) is 44.6 cm³/mol. The summed E-state index contributed by atoms with van der Waals surface area (Å²) in [7, 11) is 1.89. The average molecular weight is 174 g/mol. The highest BCUT2D eigenvalue weighted by Gasteiger charge is 2.12. The van der Waals surface area contributed by atoms with E-state index in [-0.39, 0.29) is 0 Å². The normalized spacial score (nSPS) is 11.0. The maximum atomic E-state index is 5.67. The molecule has 1 aromatic heterocycles. The van der Waals surface area contributed by atoms with Gasteiger partial charge in [-0.05, 0) is 5.92 Å². The van der Waals surface area contributed by atoms with Gasteiger partial charge in [0, 0.05) is 7.05 Å². The van der Waals surface area contributed by atoms with Crippen molar-refractivity contribution in [3.8, 4) is 0 Å². The molecule has 0 N–H and O–H groups in total. The first-order valence-corrected chi connectivity index (χ1v) is 4.14. The summed E-state index contributed by atoms with van der Waals surface area (Å²) in [6.45, 7) is 4.21. The van der Waals surface area contributed by atoms with Gasteiger partial charge in [-0.15, -0.1) is 16.7 Å². The van der Waals surface area contributed by atoms with Crippen LogP contribution in [0.2, 0.25) is 0 Å². The predicted octanol–water partition coefficient (Wildman–Crippen LogP) is 1.68. The third-order valence-electron chi connectivity index (χ3n) is 1.62. The minimum atomic E-state index is 0.434. The van der Waals surface area contributed by atoms with E-state index in [1.807, 2.05) is 7.05 Å². The molecule has 1 heterocycles. The van der Waals surface area contributed by atoms with Crippen LogP contribution in [-0.2, 0) is 12.9 Å². The van der Waals surface area contributed by atoms with E-state index in [1.54, 1.807) is 4.68 Å². The second kappa shape index (κ2) is 3.22. The molecule has 62 valence electrons. The van der Waals surface area contributed by atoms with E-state index in [0.717, 1.165) is 11.4 Å². The lowest BCUT2D eigenvalue weighted by Crippen LogP contribution is -2.01. The molecule has 3 nitrogen and oxygen atoms in total. The Morgan fingerprint density at radius 3 is 2.55 bits per heavy atom. The number of halogens is 1. The summed E-state index contributed by atoms with van der Waals surface area (Å²) in [4.78, 5) is 0. The summed E-state index contributed by atoms with van der Waals surface area (Å²) >= 11 is 5.67. The second-order valence-corrected chi connectivity index (χ2v) is 3.10. The van der Waals surface area contributed by atoms with Crippen LogP contribution in [0.15, 0.2) is 0 Å². The molecule has 0 atom stereocenters. The number of aryl methyl sites for hydroxylation is 1. The van der Waals surface area contributed by atoms with E-state index in [2.05, 4.69) is 24.2 Å². The molecule has 0 spiro atoms. The lowest BCUT2D eigenvalue weighted by atomic mass is 10.1. The third-order valence-corrected chi connectivity index (χ3v) is 1.87. The van der Waals surface area contributed by atoms with Crippen molar-refractivity contribution in [2.24, 2.45) is 7.05 Å². The van der Waals surface area contributed by atoms with E-state index >= 15 is 0 Å². The highest BCUT2D eigenvalue weighted by molar-refractivity contribution is 6.16. The van der Waals surface area contributed by atoms with Crippen LogP contribution in [0.25, 0.3) is 0 Å². The Labute approximate surface area is 71.4 Å². The van der Waals surface area contributed by atoms with E-state index in [9.17, 15) is 0 Å². The molecule has 0 aromatic carbocycles. The Morgan fingerprint density at radius 2 is 2.18 bits per heavy atom. The third kappa shape index (κ3) is 1.53. The van der Waals surface area contributed by atoms with Gasteiger partial charge in [-0.1, -0.05) is 19.1 Å². The van der Waals surface area contributed by atoms with Gasteiger partial charge in [-0.3, -0.25) is 4.68 Å². The molecule has 0 bridgehead atoms. The Hall–Kier alpha value is -0.570. The van der Waals surface area contributed by atoms with Crippen molar-refractivity contribution < 1.29 is 0 Å². The van der Waals surface area contributed by atoms with Gasteiger partial charge in [0.1, 0.15) is 5.69 Å². The molecule has 11 heavy (non-hydrogen) atoms. The SMILES string of the molecule is CC(C)c1c(CCl)nnn1C. The lowest BCUT2D eigenvalue weighted by molar-refractivity contribution is 0.647. The lowest BCUT2D eigenvalue weighted by Gasteiger charge is -2.04. The minimum absolute atomic E-state index is 0.434. The largest absolute Gasteiger partial charge is 0.252 e. The molecule has 1 rings (SSSR count). The van der Waals surface area contributed by atoms with Crippen LogP contribution in [0.3, 0.4) is 0 Å². The Balaban J connectivity index is 3.07. The highest BCUT2D eigenvalue weighted by atomic mass is 35.5. The summed E-state index contributed by atoms with van der Waals surface area (Å²) in [6, 6.07) is 0. The van der Waals surface area contributed by atoms with Crippen molar-refractivity contribution in [3.05, 3.63) is 11.4 Å². The standard InChI is InChI=1S/C7H12ClN3/c1-5(2)7-6(4-8)9-10-11(7)3/h5H,4H2,1-3H3. The van der Waals surface area contributed by atoms with E-state index in [1.165, 1.54) is 0 Å². The zero-order chi connectivity index (χ0) is 8.43. The molecule has 4 heteroatoms. The maximum Gasteiger partial charge on any atom is 0.101 e. The van der Waals surface area contributed by atoms with Gasteiger partial charge < -0.3 is 0 Å². The first-order valence-electron chi connectivity index (χ1n) is 3.61. The molecule has 0 aliphatic heterocycles. The highest BCUT2D eigenvalue weighted by Crippen LogP contribution is 2.17. The summed E-state index contributed by atoms with van der Waals surface area (Å²) in [5.74, 6) is 0.880. The fourth-order valence-electron chi connectivity index (χ4n) is 1.21. The number of alkyl halides is 1. The second-order valence-electron chi connectivity index (χ2n) is 2.83. The Morgan fingerprint density at radius 1 is 1.55 bits per heavy atom. The van der Waals surface area contributed by atoms with Gasteiger partial charge in [-0.2, -0.15) is 0 Å². The van der Waals surface area contributed by atoms with Gasteiger partial charge in [0.05, 0.1) is 11.6 Å². The van der Waals surface area contributed by atoms with Crippen molar-refractivity contribution in [2.45, 2.75) is 25.6 Å². The molecule has 0 radical (unpaired) electrons. The van der Waals surface area contributed by atoms with Crippen LogP contribution in [0, 0.1) is 0 Å². The van der Waals surface area contributed by atoms with Crippen LogP contribution >= 0.6 is 11.6 Å². The summed E-state index contributed by atoms with van der Waals surface area (Å²) in [5, 5.41) is 7.83. The fourth-order valence-corrected chi connectivity index (χ4v) is 1.40. The Kier molecular flexibility index (Phi) is 2.49.